The Labute approximate surface area is 148 Å². The second-order valence-corrected chi connectivity index (χ2v) is 7.92. The van der Waals surface area contributed by atoms with E-state index in [1.807, 2.05) is 6.92 Å². The maximum absolute atomic E-state index is 5.99. The Bertz CT molecular complexity index is 701. The molecule has 132 valence electrons. The second kappa shape index (κ2) is 7.33. The summed E-state index contributed by atoms with van der Waals surface area (Å²) in [4.78, 5) is 12.9. The summed E-state index contributed by atoms with van der Waals surface area (Å²) in [7, 11) is 1.72. The first-order valence-corrected chi connectivity index (χ1v) is 9.50. The number of fused-ring (bicyclic) bond motifs is 1. The zero-order chi connectivity index (χ0) is 17.3. The lowest BCUT2D eigenvalue weighted by Gasteiger charge is -2.37. The van der Waals surface area contributed by atoms with Crippen LogP contribution in [0.15, 0.2) is 5.38 Å². The predicted molar refractivity (Wildman–Crippen MR) is 99.1 cm³/mol. The maximum atomic E-state index is 5.99. The van der Waals surface area contributed by atoms with Crippen molar-refractivity contribution in [2.75, 3.05) is 31.7 Å². The van der Waals surface area contributed by atoms with Gasteiger partial charge in [-0.3, -0.25) is 0 Å². The number of hydrogen-bond acceptors (Lipinski definition) is 6. The molecule has 3 rings (SSSR count). The zero-order valence-corrected chi connectivity index (χ0v) is 16.0. The third-order valence-corrected chi connectivity index (χ3v) is 5.13. The van der Waals surface area contributed by atoms with Crippen molar-refractivity contribution in [2.24, 2.45) is 5.92 Å². The SMILES string of the molecule is COCC1CN(c2nc(C)nc3scc(CC(C)C)c23)CC(C)O1. The van der Waals surface area contributed by atoms with Gasteiger partial charge in [0, 0.05) is 20.2 Å². The summed E-state index contributed by atoms with van der Waals surface area (Å²) < 4.78 is 11.3. The van der Waals surface area contributed by atoms with Gasteiger partial charge in [0.25, 0.3) is 0 Å². The molecule has 0 saturated carbocycles. The fourth-order valence-corrected chi connectivity index (χ4v) is 4.39. The molecule has 1 saturated heterocycles. The molecule has 3 heterocycles. The van der Waals surface area contributed by atoms with Crippen LogP contribution in [0, 0.1) is 12.8 Å². The summed E-state index contributed by atoms with van der Waals surface area (Å²) in [5, 5.41) is 3.48. The van der Waals surface area contributed by atoms with Crippen LogP contribution < -0.4 is 4.90 Å². The number of nitrogens with zero attached hydrogens (tertiary/aromatic N) is 3. The quantitative estimate of drug-likeness (QED) is 0.827. The summed E-state index contributed by atoms with van der Waals surface area (Å²) in [6.45, 7) is 10.9. The molecule has 2 atom stereocenters. The van der Waals surface area contributed by atoms with Gasteiger partial charge in [-0.25, -0.2) is 9.97 Å². The molecule has 0 aliphatic carbocycles. The molecule has 6 heteroatoms. The van der Waals surface area contributed by atoms with Crippen molar-refractivity contribution in [3.8, 4) is 0 Å². The number of morpholine rings is 1. The highest BCUT2D eigenvalue weighted by Gasteiger charge is 2.28. The van der Waals surface area contributed by atoms with Crippen molar-refractivity contribution in [3.05, 3.63) is 16.8 Å². The van der Waals surface area contributed by atoms with Crippen LogP contribution >= 0.6 is 11.3 Å². The van der Waals surface area contributed by atoms with Crippen molar-refractivity contribution in [1.29, 1.82) is 0 Å². The van der Waals surface area contributed by atoms with Crippen molar-refractivity contribution in [3.63, 3.8) is 0 Å². The van der Waals surface area contributed by atoms with Crippen LogP contribution in [0.3, 0.4) is 0 Å². The van der Waals surface area contributed by atoms with E-state index in [2.05, 4.69) is 36.0 Å². The minimum Gasteiger partial charge on any atom is -0.382 e. The summed E-state index contributed by atoms with van der Waals surface area (Å²) in [6.07, 6.45) is 1.30. The van der Waals surface area contributed by atoms with E-state index >= 15 is 0 Å². The summed E-state index contributed by atoms with van der Waals surface area (Å²) in [6, 6.07) is 0. The summed E-state index contributed by atoms with van der Waals surface area (Å²) >= 11 is 1.73. The Balaban J connectivity index is 2.02. The van der Waals surface area contributed by atoms with Crippen LogP contribution in [0.1, 0.15) is 32.2 Å². The Morgan fingerprint density at radius 2 is 2.17 bits per heavy atom. The fraction of sp³-hybridized carbons (Fsp3) is 0.667. The minimum atomic E-state index is 0.0799. The van der Waals surface area contributed by atoms with Crippen molar-refractivity contribution >= 4 is 27.4 Å². The predicted octanol–water partition coefficient (Wildman–Crippen LogP) is 3.44. The van der Waals surface area contributed by atoms with E-state index in [0.29, 0.717) is 12.5 Å². The lowest BCUT2D eigenvalue weighted by atomic mass is 10.0. The molecule has 0 spiro atoms. The third kappa shape index (κ3) is 3.71. The molecular weight excluding hydrogens is 322 g/mol. The van der Waals surface area contributed by atoms with E-state index in [9.17, 15) is 0 Å². The van der Waals surface area contributed by atoms with Crippen molar-refractivity contribution in [1.82, 2.24) is 9.97 Å². The molecule has 0 aromatic carbocycles. The van der Waals surface area contributed by atoms with Crippen LogP contribution in [-0.4, -0.2) is 49.0 Å². The first-order valence-electron chi connectivity index (χ1n) is 8.62. The molecule has 0 radical (unpaired) electrons. The van der Waals surface area contributed by atoms with E-state index in [-0.39, 0.29) is 12.2 Å². The zero-order valence-electron chi connectivity index (χ0n) is 15.2. The molecule has 2 aromatic heterocycles. The monoisotopic (exact) mass is 349 g/mol. The standard InChI is InChI=1S/C18H27N3O2S/c1-11(2)6-14-10-24-18-16(14)17(19-13(4)20-18)21-7-12(3)23-15(8-21)9-22-5/h10-12,15H,6-9H2,1-5H3. The fourth-order valence-electron chi connectivity index (χ4n) is 3.40. The van der Waals surface area contributed by atoms with Gasteiger partial charge in [-0.15, -0.1) is 11.3 Å². The van der Waals surface area contributed by atoms with Gasteiger partial charge in [0.1, 0.15) is 16.5 Å². The molecule has 5 nitrogen and oxygen atoms in total. The van der Waals surface area contributed by atoms with Crippen molar-refractivity contribution < 1.29 is 9.47 Å². The van der Waals surface area contributed by atoms with E-state index in [1.54, 1.807) is 18.4 Å². The number of thiophene rings is 1. The van der Waals surface area contributed by atoms with Gasteiger partial charge < -0.3 is 14.4 Å². The second-order valence-electron chi connectivity index (χ2n) is 7.06. The minimum absolute atomic E-state index is 0.0799. The average molecular weight is 350 g/mol. The van der Waals surface area contributed by atoms with Crippen molar-refractivity contribution in [2.45, 2.75) is 46.3 Å². The van der Waals surface area contributed by atoms with Gasteiger partial charge in [-0.1, -0.05) is 13.8 Å². The molecule has 0 bridgehead atoms. The summed E-state index contributed by atoms with van der Waals surface area (Å²) in [5.74, 6) is 2.50. The van der Waals surface area contributed by atoms with Crippen LogP contribution in [0.25, 0.3) is 10.2 Å². The number of rotatable bonds is 5. The number of hydrogen-bond donors (Lipinski definition) is 0. The van der Waals surface area contributed by atoms with E-state index in [4.69, 9.17) is 14.5 Å². The lowest BCUT2D eigenvalue weighted by molar-refractivity contribution is -0.0512. The largest absolute Gasteiger partial charge is 0.382 e. The molecule has 2 aromatic rings. The van der Waals surface area contributed by atoms with E-state index in [1.165, 1.54) is 10.9 Å². The molecule has 24 heavy (non-hydrogen) atoms. The highest BCUT2D eigenvalue weighted by molar-refractivity contribution is 7.17. The van der Waals surface area contributed by atoms with Crippen LogP contribution in [0.4, 0.5) is 5.82 Å². The molecule has 2 unspecified atom stereocenters. The molecule has 1 aliphatic rings. The van der Waals surface area contributed by atoms with Gasteiger partial charge in [0.2, 0.25) is 0 Å². The smallest absolute Gasteiger partial charge is 0.141 e. The number of aryl methyl sites for hydroxylation is 1. The van der Waals surface area contributed by atoms with Gasteiger partial charge in [-0.05, 0) is 37.1 Å². The Morgan fingerprint density at radius 1 is 1.38 bits per heavy atom. The Hall–Kier alpha value is -1.24. The average Bonchev–Trinajstić information content (AvgIpc) is 2.88. The lowest BCUT2D eigenvalue weighted by Crippen LogP contribution is -2.48. The molecule has 0 N–H and O–H groups in total. The Morgan fingerprint density at radius 3 is 2.88 bits per heavy atom. The highest BCUT2D eigenvalue weighted by atomic mass is 32.1. The first kappa shape index (κ1) is 17.6. The summed E-state index contributed by atoms with van der Waals surface area (Å²) in [5.41, 5.74) is 1.36. The van der Waals surface area contributed by atoms with Gasteiger partial charge in [0.15, 0.2) is 0 Å². The number of anilines is 1. The number of aromatic nitrogens is 2. The van der Waals surface area contributed by atoms with Crippen LogP contribution in [0.2, 0.25) is 0 Å². The normalized spacial score (nSPS) is 21.8. The third-order valence-electron chi connectivity index (χ3n) is 4.21. The molecular formula is C18H27N3O2S. The highest BCUT2D eigenvalue weighted by Crippen LogP contribution is 2.34. The van der Waals surface area contributed by atoms with Crippen LogP contribution in [-0.2, 0) is 15.9 Å². The van der Waals surface area contributed by atoms with Gasteiger partial charge in [-0.2, -0.15) is 0 Å². The maximum Gasteiger partial charge on any atom is 0.141 e. The first-order chi connectivity index (χ1) is 11.5. The number of methoxy groups -OCH3 is 1. The Kier molecular flexibility index (Phi) is 5.37. The van der Waals surface area contributed by atoms with E-state index in [0.717, 1.165) is 36.0 Å². The molecule has 1 fully saturated rings. The van der Waals surface area contributed by atoms with E-state index < -0.39 is 0 Å². The molecule has 1 aliphatic heterocycles. The van der Waals surface area contributed by atoms with Gasteiger partial charge in [0.05, 0.1) is 24.2 Å². The topological polar surface area (TPSA) is 47.5 Å². The molecule has 0 amide bonds. The van der Waals surface area contributed by atoms with Gasteiger partial charge >= 0.3 is 0 Å². The van der Waals surface area contributed by atoms with Crippen LogP contribution in [0.5, 0.6) is 0 Å². The number of ether oxygens (including phenoxy) is 2.